The summed E-state index contributed by atoms with van der Waals surface area (Å²) in [7, 11) is 0. The van der Waals surface area contributed by atoms with Crippen molar-refractivity contribution in [2.45, 2.75) is 6.92 Å². The Morgan fingerprint density at radius 3 is 2.37 bits per heavy atom. The van der Waals surface area contributed by atoms with E-state index in [2.05, 4.69) is 0 Å². The van der Waals surface area contributed by atoms with Crippen molar-refractivity contribution in [2.24, 2.45) is 0 Å². The largest absolute Gasteiger partial charge is 0.457 e. The van der Waals surface area contributed by atoms with Gasteiger partial charge in [-0.3, -0.25) is 14.5 Å². The number of hydrogen-bond acceptors (Lipinski definition) is 5. The third kappa shape index (κ3) is 3.96. The molecule has 2 heterocycles. The number of thioether (sulfide) groups is 1. The summed E-state index contributed by atoms with van der Waals surface area (Å²) in [5.41, 5.74) is 1.77. The van der Waals surface area contributed by atoms with Gasteiger partial charge in [-0.15, -0.1) is 0 Å². The molecule has 8 heteroatoms. The van der Waals surface area contributed by atoms with Crippen molar-refractivity contribution in [3.8, 4) is 11.3 Å². The summed E-state index contributed by atoms with van der Waals surface area (Å²) in [6, 6.07) is 15.5. The predicted octanol–water partition coefficient (Wildman–Crippen LogP) is 6.86. The molecule has 0 radical (unpaired) electrons. The number of carbonyl (C=O) groups is 2. The third-order valence-electron chi connectivity index (χ3n) is 4.44. The summed E-state index contributed by atoms with van der Waals surface area (Å²) in [5, 5.41) is 0.951. The molecule has 0 unspecified atom stereocenters. The van der Waals surface area contributed by atoms with E-state index in [0.29, 0.717) is 47.6 Å². The van der Waals surface area contributed by atoms with Gasteiger partial charge >= 0.3 is 0 Å². The fourth-order valence-electron chi connectivity index (χ4n) is 2.96. The molecule has 4 rings (SSSR count). The molecule has 1 aliphatic rings. The van der Waals surface area contributed by atoms with E-state index in [1.165, 1.54) is 23.6 Å². The van der Waals surface area contributed by atoms with Gasteiger partial charge in [0.15, 0.2) is 10.1 Å². The van der Waals surface area contributed by atoms with Gasteiger partial charge in [-0.2, -0.15) is 0 Å². The van der Waals surface area contributed by atoms with E-state index in [1.807, 2.05) is 0 Å². The maximum Gasteiger partial charge on any atom is 0.270 e. The highest BCUT2D eigenvalue weighted by atomic mass is 35.5. The average Bonchev–Trinajstić information content (AvgIpc) is 3.26. The minimum atomic E-state index is -0.255. The number of benzene rings is 2. The van der Waals surface area contributed by atoms with Gasteiger partial charge in [0.2, 0.25) is 0 Å². The predicted molar refractivity (Wildman–Crippen MR) is 126 cm³/mol. The van der Waals surface area contributed by atoms with E-state index in [1.54, 1.807) is 60.7 Å². The minimum absolute atomic E-state index is 0.0425. The monoisotopic (exact) mass is 473 g/mol. The van der Waals surface area contributed by atoms with Crippen LogP contribution in [0.4, 0.5) is 5.69 Å². The molecule has 0 saturated carbocycles. The van der Waals surface area contributed by atoms with Crippen molar-refractivity contribution in [1.82, 2.24) is 0 Å². The molecule has 150 valence electrons. The van der Waals surface area contributed by atoms with Gasteiger partial charge in [0.25, 0.3) is 5.91 Å². The number of rotatable bonds is 4. The number of hydrogen-bond donors (Lipinski definition) is 0. The lowest BCUT2D eigenvalue weighted by Crippen LogP contribution is -2.27. The van der Waals surface area contributed by atoms with Crippen LogP contribution in [0.5, 0.6) is 0 Å². The number of anilines is 1. The molecule has 0 spiro atoms. The van der Waals surface area contributed by atoms with Crippen molar-refractivity contribution in [3.63, 3.8) is 0 Å². The van der Waals surface area contributed by atoms with Crippen LogP contribution in [-0.4, -0.2) is 16.0 Å². The first-order valence-electron chi connectivity index (χ1n) is 8.78. The molecule has 3 aromatic rings. The normalized spacial score (nSPS) is 15.3. The number of Topliss-reactive ketones (excluding diaryl/α,β-unsaturated/α-hetero) is 1. The van der Waals surface area contributed by atoms with E-state index < -0.39 is 0 Å². The van der Waals surface area contributed by atoms with Crippen LogP contribution in [0.2, 0.25) is 10.0 Å². The van der Waals surface area contributed by atoms with Gasteiger partial charge in [-0.1, -0.05) is 53.2 Å². The summed E-state index contributed by atoms with van der Waals surface area (Å²) in [6.45, 7) is 1.49. The molecule has 1 fully saturated rings. The van der Waals surface area contributed by atoms with Crippen molar-refractivity contribution in [2.75, 3.05) is 4.90 Å². The highest BCUT2D eigenvalue weighted by Gasteiger charge is 2.33. The smallest absolute Gasteiger partial charge is 0.270 e. The standard InChI is InChI=1S/C22H13Cl2NO3S2/c1-12(26)13-5-7-14(8-6-13)25-21(27)19(30-22(25)29)11-15-9-10-18(28-15)20-16(23)3-2-4-17(20)24/h2-11H,1H3/b19-11+. The second-order valence-electron chi connectivity index (χ2n) is 6.42. The van der Waals surface area contributed by atoms with E-state index in [-0.39, 0.29) is 11.7 Å². The number of carbonyl (C=O) groups excluding carboxylic acids is 2. The number of ketones is 1. The second kappa shape index (κ2) is 8.40. The highest BCUT2D eigenvalue weighted by molar-refractivity contribution is 8.27. The molecule has 0 N–H and O–H groups in total. The molecular weight excluding hydrogens is 461 g/mol. The van der Waals surface area contributed by atoms with Crippen LogP contribution >= 0.6 is 47.2 Å². The van der Waals surface area contributed by atoms with E-state index in [4.69, 9.17) is 39.8 Å². The Labute approximate surface area is 192 Å². The van der Waals surface area contributed by atoms with Crippen LogP contribution in [0.25, 0.3) is 17.4 Å². The van der Waals surface area contributed by atoms with Crippen LogP contribution in [0.15, 0.2) is 63.9 Å². The summed E-state index contributed by atoms with van der Waals surface area (Å²) in [6.07, 6.45) is 1.64. The Balaban J connectivity index is 1.61. The molecule has 30 heavy (non-hydrogen) atoms. The van der Waals surface area contributed by atoms with E-state index in [9.17, 15) is 9.59 Å². The lowest BCUT2D eigenvalue weighted by molar-refractivity contribution is -0.113. The van der Waals surface area contributed by atoms with Crippen molar-refractivity contribution in [1.29, 1.82) is 0 Å². The zero-order chi connectivity index (χ0) is 21.4. The van der Waals surface area contributed by atoms with Gasteiger partial charge in [-0.25, -0.2) is 0 Å². The first-order chi connectivity index (χ1) is 14.3. The number of furan rings is 1. The van der Waals surface area contributed by atoms with Crippen LogP contribution in [0.3, 0.4) is 0 Å². The van der Waals surface area contributed by atoms with Crippen LogP contribution in [-0.2, 0) is 4.79 Å². The zero-order valence-corrected chi connectivity index (χ0v) is 18.7. The Kier molecular flexibility index (Phi) is 5.84. The molecule has 1 aromatic heterocycles. The van der Waals surface area contributed by atoms with E-state index in [0.717, 1.165) is 0 Å². The fourth-order valence-corrected chi connectivity index (χ4v) is 4.83. The lowest BCUT2D eigenvalue weighted by Gasteiger charge is -2.14. The maximum atomic E-state index is 12.9. The lowest BCUT2D eigenvalue weighted by atomic mass is 10.1. The third-order valence-corrected chi connectivity index (χ3v) is 6.37. The molecule has 0 aliphatic carbocycles. The number of amides is 1. The number of nitrogens with zero attached hydrogens (tertiary/aromatic N) is 1. The average molecular weight is 474 g/mol. The molecule has 1 aliphatic heterocycles. The van der Waals surface area contributed by atoms with Gasteiger partial charge in [0, 0.05) is 11.6 Å². The van der Waals surface area contributed by atoms with Crippen molar-refractivity contribution >= 4 is 75.0 Å². The molecule has 2 aromatic carbocycles. The van der Waals surface area contributed by atoms with Crippen LogP contribution in [0.1, 0.15) is 23.0 Å². The quantitative estimate of drug-likeness (QED) is 0.235. The highest BCUT2D eigenvalue weighted by Crippen LogP contribution is 2.38. The zero-order valence-electron chi connectivity index (χ0n) is 15.5. The van der Waals surface area contributed by atoms with Gasteiger partial charge < -0.3 is 4.42 Å². The summed E-state index contributed by atoms with van der Waals surface area (Å²) < 4.78 is 6.26. The van der Waals surface area contributed by atoms with Crippen LogP contribution < -0.4 is 4.90 Å². The Morgan fingerprint density at radius 2 is 1.73 bits per heavy atom. The minimum Gasteiger partial charge on any atom is -0.457 e. The van der Waals surface area contributed by atoms with Crippen LogP contribution in [0, 0.1) is 0 Å². The molecule has 1 saturated heterocycles. The first kappa shape index (κ1) is 20.9. The molecule has 1 amide bonds. The van der Waals surface area contributed by atoms with Gasteiger partial charge in [0.1, 0.15) is 11.5 Å². The maximum absolute atomic E-state index is 12.9. The van der Waals surface area contributed by atoms with Crippen molar-refractivity contribution in [3.05, 3.63) is 80.9 Å². The Bertz CT molecular complexity index is 1200. The Hall–Kier alpha value is -2.38. The summed E-state index contributed by atoms with van der Waals surface area (Å²) in [5.74, 6) is 0.689. The summed E-state index contributed by atoms with van der Waals surface area (Å²) in [4.78, 5) is 26.3. The molecular formula is C22H13Cl2NO3S2. The SMILES string of the molecule is CC(=O)c1ccc(N2C(=O)/C(=C\c3ccc(-c4c(Cl)cccc4Cl)o3)SC2=S)cc1. The first-order valence-corrected chi connectivity index (χ1v) is 10.8. The van der Waals surface area contributed by atoms with Gasteiger partial charge in [0.05, 0.1) is 26.2 Å². The molecule has 0 atom stereocenters. The van der Waals surface area contributed by atoms with E-state index >= 15 is 0 Å². The fraction of sp³-hybridized carbons (Fsp3) is 0.0455. The molecule has 4 nitrogen and oxygen atoms in total. The Morgan fingerprint density at radius 1 is 1.07 bits per heavy atom. The van der Waals surface area contributed by atoms with Crippen molar-refractivity contribution < 1.29 is 14.0 Å². The number of halogens is 2. The van der Waals surface area contributed by atoms with Gasteiger partial charge in [-0.05, 0) is 55.5 Å². The second-order valence-corrected chi connectivity index (χ2v) is 8.91. The molecule has 0 bridgehead atoms. The summed E-state index contributed by atoms with van der Waals surface area (Å²) >= 11 is 19.1. The topological polar surface area (TPSA) is 50.5 Å². The number of thiocarbonyl (C=S) groups is 1.